The average molecular weight is 412 g/mol. The Balaban J connectivity index is 4.56. The number of rotatable bonds is 12. The quantitative estimate of drug-likeness (QED) is 0.164. The SMILES string of the molecule is CC#CC#CC#CC(=O)OC[C@H](COP(=O)(O)O)OC(=O)CCCCCCC. The zero-order chi connectivity index (χ0) is 21.3. The van der Waals surface area contributed by atoms with Gasteiger partial charge in [-0.1, -0.05) is 38.5 Å². The standard InChI is InChI=1S/C19H25O8P/c1-3-5-7-9-11-13-18(20)25-15-17(16-26-28(22,23)24)27-19(21)14-12-10-8-6-4-2/h17H,4,6,8,10,12,14-16H2,1-2H3,(H2,22,23,24)/t17-/m1/s1. The minimum absolute atomic E-state index is 0.151. The lowest BCUT2D eigenvalue weighted by Gasteiger charge is -2.17. The molecule has 0 saturated heterocycles. The molecule has 0 bridgehead atoms. The molecule has 0 spiro atoms. The van der Waals surface area contributed by atoms with E-state index in [2.05, 4.69) is 47.0 Å². The number of esters is 2. The molecule has 0 aromatic heterocycles. The van der Waals surface area contributed by atoms with Gasteiger partial charge in [0.15, 0.2) is 6.10 Å². The molecule has 0 saturated carbocycles. The molecule has 0 aromatic carbocycles. The van der Waals surface area contributed by atoms with Gasteiger partial charge in [-0.05, 0) is 37.0 Å². The molecule has 0 fully saturated rings. The minimum Gasteiger partial charge on any atom is -0.456 e. The molecule has 0 amide bonds. The summed E-state index contributed by atoms with van der Waals surface area (Å²) in [4.78, 5) is 40.9. The predicted octanol–water partition coefficient (Wildman–Crippen LogP) is 1.94. The largest absolute Gasteiger partial charge is 0.469 e. The number of hydrogen-bond acceptors (Lipinski definition) is 6. The lowest BCUT2D eigenvalue weighted by atomic mass is 10.1. The smallest absolute Gasteiger partial charge is 0.456 e. The normalized spacial score (nSPS) is 10.9. The first-order valence-electron chi connectivity index (χ1n) is 8.77. The van der Waals surface area contributed by atoms with Gasteiger partial charge < -0.3 is 19.3 Å². The second-order valence-electron chi connectivity index (χ2n) is 5.54. The van der Waals surface area contributed by atoms with Gasteiger partial charge >= 0.3 is 19.8 Å². The average Bonchev–Trinajstić information content (AvgIpc) is 2.63. The molecule has 0 aliphatic rings. The minimum atomic E-state index is -4.76. The summed E-state index contributed by atoms with van der Waals surface area (Å²) in [6, 6.07) is 0. The molecule has 0 aliphatic carbocycles. The zero-order valence-corrected chi connectivity index (χ0v) is 16.9. The van der Waals surface area contributed by atoms with Crippen LogP contribution in [0.3, 0.4) is 0 Å². The molecule has 0 aromatic rings. The van der Waals surface area contributed by atoms with Gasteiger partial charge in [-0.15, -0.1) is 0 Å². The fourth-order valence-corrected chi connectivity index (χ4v) is 2.19. The predicted molar refractivity (Wildman–Crippen MR) is 101 cm³/mol. The second-order valence-corrected chi connectivity index (χ2v) is 6.78. The molecule has 9 heteroatoms. The van der Waals surface area contributed by atoms with Crippen LogP contribution in [-0.4, -0.2) is 41.0 Å². The van der Waals surface area contributed by atoms with Crippen molar-refractivity contribution < 1.29 is 37.9 Å². The molecule has 1 atom stereocenters. The molecule has 0 rings (SSSR count). The van der Waals surface area contributed by atoms with Crippen LogP contribution in [-0.2, 0) is 28.2 Å². The van der Waals surface area contributed by atoms with Crippen LogP contribution in [0.1, 0.15) is 52.4 Å². The van der Waals surface area contributed by atoms with Gasteiger partial charge in [-0.2, -0.15) is 0 Å². The van der Waals surface area contributed by atoms with E-state index < -0.39 is 39.1 Å². The highest BCUT2D eigenvalue weighted by atomic mass is 31.2. The molecule has 0 heterocycles. The van der Waals surface area contributed by atoms with Crippen molar-refractivity contribution in [3.63, 3.8) is 0 Å². The Morgan fingerprint density at radius 1 is 1.00 bits per heavy atom. The maximum Gasteiger partial charge on any atom is 0.469 e. The molecule has 28 heavy (non-hydrogen) atoms. The van der Waals surface area contributed by atoms with Crippen molar-refractivity contribution in [2.45, 2.75) is 58.5 Å². The summed E-state index contributed by atoms with van der Waals surface area (Å²) < 4.78 is 25.1. The Morgan fingerprint density at radius 3 is 2.32 bits per heavy atom. The van der Waals surface area contributed by atoms with Crippen LogP contribution in [0.4, 0.5) is 0 Å². The summed E-state index contributed by atoms with van der Waals surface area (Å²) in [6.45, 7) is 2.59. The van der Waals surface area contributed by atoms with E-state index in [1.165, 1.54) is 0 Å². The summed E-state index contributed by atoms with van der Waals surface area (Å²) in [7, 11) is -4.76. The molecule has 0 radical (unpaired) electrons. The van der Waals surface area contributed by atoms with Crippen molar-refractivity contribution in [2.24, 2.45) is 0 Å². The fraction of sp³-hybridized carbons (Fsp3) is 0.579. The summed E-state index contributed by atoms with van der Waals surface area (Å²) >= 11 is 0. The maximum atomic E-state index is 11.9. The number of hydrogen-bond donors (Lipinski definition) is 2. The first-order chi connectivity index (χ1) is 13.3. The third kappa shape index (κ3) is 17.2. The Hall–Kier alpha value is -2.27. The Labute approximate surface area is 165 Å². The van der Waals surface area contributed by atoms with E-state index in [1.807, 2.05) is 0 Å². The van der Waals surface area contributed by atoms with E-state index >= 15 is 0 Å². The number of carbonyl (C=O) groups excluding carboxylic acids is 2. The van der Waals surface area contributed by atoms with Gasteiger partial charge in [0.2, 0.25) is 0 Å². The Morgan fingerprint density at radius 2 is 1.68 bits per heavy atom. The Kier molecular flexibility index (Phi) is 14.5. The number of phosphoric acid groups is 1. The van der Waals surface area contributed by atoms with E-state index in [0.29, 0.717) is 6.42 Å². The van der Waals surface area contributed by atoms with Crippen molar-refractivity contribution in [1.29, 1.82) is 0 Å². The maximum absolute atomic E-state index is 11.9. The highest BCUT2D eigenvalue weighted by Crippen LogP contribution is 2.35. The molecular formula is C19H25O8P. The topological polar surface area (TPSA) is 119 Å². The molecule has 2 N–H and O–H groups in total. The van der Waals surface area contributed by atoms with E-state index in [0.717, 1.165) is 25.7 Å². The van der Waals surface area contributed by atoms with Crippen LogP contribution in [0.5, 0.6) is 0 Å². The number of ether oxygens (including phenoxy) is 2. The van der Waals surface area contributed by atoms with Gasteiger partial charge in [-0.25, -0.2) is 9.36 Å². The summed E-state index contributed by atoms with van der Waals surface area (Å²) in [5.74, 6) is 12.5. The van der Waals surface area contributed by atoms with Crippen molar-refractivity contribution in [3.05, 3.63) is 0 Å². The van der Waals surface area contributed by atoms with Gasteiger partial charge in [0.25, 0.3) is 0 Å². The number of unbranched alkanes of at least 4 members (excludes halogenated alkanes) is 4. The van der Waals surface area contributed by atoms with Gasteiger partial charge in [-0.3, -0.25) is 9.32 Å². The van der Waals surface area contributed by atoms with Gasteiger partial charge in [0, 0.05) is 12.3 Å². The summed E-state index contributed by atoms with van der Waals surface area (Å²) in [5.41, 5.74) is 0. The van der Waals surface area contributed by atoms with Crippen molar-refractivity contribution in [3.8, 4) is 35.5 Å². The molecular weight excluding hydrogens is 387 g/mol. The van der Waals surface area contributed by atoms with Crippen molar-refractivity contribution >= 4 is 19.8 Å². The lowest BCUT2D eigenvalue weighted by Crippen LogP contribution is -2.29. The molecule has 8 nitrogen and oxygen atoms in total. The first kappa shape index (κ1) is 25.7. The fourth-order valence-electron chi connectivity index (χ4n) is 1.83. The monoisotopic (exact) mass is 412 g/mol. The van der Waals surface area contributed by atoms with Crippen LogP contribution >= 0.6 is 7.82 Å². The van der Waals surface area contributed by atoms with E-state index in [9.17, 15) is 14.2 Å². The number of phosphoric ester groups is 1. The van der Waals surface area contributed by atoms with Crippen molar-refractivity contribution in [2.75, 3.05) is 13.2 Å². The first-order valence-corrected chi connectivity index (χ1v) is 10.3. The molecule has 154 valence electrons. The van der Waals surface area contributed by atoms with E-state index in [-0.39, 0.29) is 6.42 Å². The molecule has 0 aliphatic heterocycles. The van der Waals surface area contributed by atoms with Gasteiger partial charge in [0.05, 0.1) is 6.61 Å². The molecule has 0 unspecified atom stereocenters. The lowest BCUT2D eigenvalue weighted by molar-refractivity contribution is -0.158. The van der Waals surface area contributed by atoms with Gasteiger partial charge in [0.1, 0.15) is 6.61 Å². The van der Waals surface area contributed by atoms with E-state index in [1.54, 1.807) is 6.92 Å². The highest BCUT2D eigenvalue weighted by Gasteiger charge is 2.22. The third-order valence-electron chi connectivity index (χ3n) is 3.09. The van der Waals surface area contributed by atoms with Crippen LogP contribution in [0, 0.1) is 35.5 Å². The highest BCUT2D eigenvalue weighted by molar-refractivity contribution is 7.46. The number of carbonyl (C=O) groups is 2. The second kappa shape index (κ2) is 15.8. The zero-order valence-electron chi connectivity index (χ0n) is 16.0. The van der Waals surface area contributed by atoms with Crippen LogP contribution in [0.2, 0.25) is 0 Å². The Bertz CT molecular complexity index is 720. The summed E-state index contributed by atoms with van der Waals surface area (Å²) in [6.07, 6.45) is 3.67. The van der Waals surface area contributed by atoms with Crippen LogP contribution < -0.4 is 0 Å². The van der Waals surface area contributed by atoms with Crippen LogP contribution in [0.15, 0.2) is 0 Å². The van der Waals surface area contributed by atoms with Crippen molar-refractivity contribution in [1.82, 2.24) is 0 Å². The van der Waals surface area contributed by atoms with Crippen LogP contribution in [0.25, 0.3) is 0 Å². The van der Waals surface area contributed by atoms with E-state index in [4.69, 9.17) is 19.3 Å². The third-order valence-corrected chi connectivity index (χ3v) is 3.57. The summed E-state index contributed by atoms with van der Waals surface area (Å²) in [5, 5.41) is 0.